The number of rotatable bonds is 5. The van der Waals surface area contributed by atoms with Crippen molar-refractivity contribution >= 4 is 40.0 Å². The Morgan fingerprint density at radius 2 is 1.81 bits per heavy atom. The molecule has 1 aromatic heterocycles. The summed E-state index contributed by atoms with van der Waals surface area (Å²) in [6.07, 6.45) is 0. The number of nitrogens with zero attached hydrogens (tertiary/aromatic N) is 3. The van der Waals surface area contributed by atoms with Crippen molar-refractivity contribution in [2.45, 2.75) is 13.0 Å². The van der Waals surface area contributed by atoms with Gasteiger partial charge < -0.3 is 24.4 Å². The second-order valence-electron chi connectivity index (χ2n) is 8.00. The molecule has 0 saturated carbocycles. The Balaban J connectivity index is 1.38. The Hall–Kier alpha value is -3.19. The number of piperazine rings is 1. The van der Waals surface area contributed by atoms with Gasteiger partial charge in [0.2, 0.25) is 5.91 Å². The van der Waals surface area contributed by atoms with Crippen molar-refractivity contribution in [2.75, 3.05) is 38.2 Å². The van der Waals surface area contributed by atoms with E-state index in [1.54, 1.807) is 18.9 Å². The second kappa shape index (κ2) is 9.12. The van der Waals surface area contributed by atoms with Gasteiger partial charge in [-0.1, -0.05) is 17.7 Å². The van der Waals surface area contributed by atoms with Crippen molar-refractivity contribution in [2.24, 2.45) is 7.05 Å². The molecule has 2 amide bonds. The maximum absolute atomic E-state index is 13.0. The number of aromatic nitrogens is 1. The number of halogens is 1. The molecular weight excluding hydrogens is 428 g/mol. The van der Waals surface area contributed by atoms with E-state index >= 15 is 0 Å². The highest BCUT2D eigenvalue weighted by Crippen LogP contribution is 2.24. The maximum Gasteiger partial charge on any atom is 0.268 e. The molecule has 1 fully saturated rings. The average molecular weight is 455 g/mol. The monoisotopic (exact) mass is 454 g/mol. The summed E-state index contributed by atoms with van der Waals surface area (Å²) in [6, 6.07) is 14.6. The fraction of sp³-hybridized carbons (Fsp3) is 0.333. The van der Waals surface area contributed by atoms with Crippen LogP contribution in [0.15, 0.2) is 48.5 Å². The first-order valence-corrected chi connectivity index (χ1v) is 11.0. The van der Waals surface area contributed by atoms with Crippen LogP contribution in [0.1, 0.15) is 17.4 Å². The standard InChI is InChI=1S/C24H27ClN4O3/c1-16(24(31)29-11-9-28(10-12-29)19-6-4-5-18(25)15-19)26-23(30)22-14-17-13-20(32-3)7-8-21(17)27(22)2/h4-8,13-16H,9-12H2,1-3H3,(H,26,30)/t16-/m1/s1. The molecule has 1 aliphatic heterocycles. The van der Waals surface area contributed by atoms with Gasteiger partial charge in [0.15, 0.2) is 0 Å². The number of aryl methyl sites for hydroxylation is 1. The largest absolute Gasteiger partial charge is 0.497 e. The van der Waals surface area contributed by atoms with E-state index in [-0.39, 0.29) is 11.8 Å². The highest BCUT2D eigenvalue weighted by Gasteiger charge is 2.27. The summed E-state index contributed by atoms with van der Waals surface area (Å²) in [5, 5.41) is 4.47. The number of benzene rings is 2. The average Bonchev–Trinajstić information content (AvgIpc) is 3.14. The minimum atomic E-state index is -0.618. The Morgan fingerprint density at radius 3 is 2.50 bits per heavy atom. The summed E-state index contributed by atoms with van der Waals surface area (Å²) in [5.41, 5.74) is 2.48. The Bertz CT molecular complexity index is 1150. The molecule has 7 nitrogen and oxygen atoms in total. The first-order chi connectivity index (χ1) is 15.4. The number of carbonyl (C=O) groups is 2. The Kier molecular flexibility index (Phi) is 6.28. The van der Waals surface area contributed by atoms with Gasteiger partial charge in [-0.2, -0.15) is 0 Å². The highest BCUT2D eigenvalue weighted by atomic mass is 35.5. The lowest BCUT2D eigenvalue weighted by Crippen LogP contribution is -2.54. The fourth-order valence-electron chi connectivity index (χ4n) is 4.14. The van der Waals surface area contributed by atoms with Crippen molar-refractivity contribution in [1.29, 1.82) is 0 Å². The van der Waals surface area contributed by atoms with Crippen molar-refractivity contribution in [1.82, 2.24) is 14.8 Å². The van der Waals surface area contributed by atoms with Gasteiger partial charge in [0.05, 0.1) is 7.11 Å². The lowest BCUT2D eigenvalue weighted by Gasteiger charge is -2.37. The zero-order valence-electron chi connectivity index (χ0n) is 18.5. The maximum atomic E-state index is 13.0. The smallest absolute Gasteiger partial charge is 0.268 e. The highest BCUT2D eigenvalue weighted by molar-refractivity contribution is 6.30. The Labute approximate surface area is 192 Å². The molecule has 0 bridgehead atoms. The topological polar surface area (TPSA) is 66.8 Å². The molecule has 4 rings (SSSR count). The van der Waals surface area contributed by atoms with E-state index in [1.807, 2.05) is 60.1 Å². The number of anilines is 1. The normalized spacial score (nSPS) is 15.0. The molecule has 1 aliphatic rings. The van der Waals surface area contributed by atoms with Crippen molar-refractivity contribution in [3.8, 4) is 5.75 Å². The molecule has 32 heavy (non-hydrogen) atoms. The van der Waals surface area contributed by atoms with Gasteiger partial charge in [0.25, 0.3) is 5.91 Å². The quantitative estimate of drug-likeness (QED) is 0.642. The van der Waals surface area contributed by atoms with Crippen LogP contribution in [0.25, 0.3) is 10.9 Å². The molecule has 0 unspecified atom stereocenters. The number of ether oxygens (including phenoxy) is 1. The van der Waals surface area contributed by atoms with E-state index in [0.717, 1.165) is 35.4 Å². The summed E-state index contributed by atoms with van der Waals surface area (Å²) in [7, 11) is 3.45. The van der Waals surface area contributed by atoms with E-state index in [0.29, 0.717) is 23.8 Å². The third-order valence-electron chi connectivity index (χ3n) is 5.96. The zero-order chi connectivity index (χ0) is 22.8. The number of amides is 2. The van der Waals surface area contributed by atoms with Gasteiger partial charge in [-0.3, -0.25) is 9.59 Å². The number of methoxy groups -OCH3 is 1. The van der Waals surface area contributed by atoms with Crippen molar-refractivity contribution in [3.63, 3.8) is 0 Å². The van der Waals surface area contributed by atoms with Crippen LogP contribution in [0.2, 0.25) is 5.02 Å². The van der Waals surface area contributed by atoms with Crippen molar-refractivity contribution < 1.29 is 14.3 Å². The number of hydrogen-bond acceptors (Lipinski definition) is 4. The van der Waals surface area contributed by atoms with E-state index in [2.05, 4.69) is 10.2 Å². The minimum Gasteiger partial charge on any atom is -0.497 e. The molecule has 8 heteroatoms. The summed E-state index contributed by atoms with van der Waals surface area (Å²) in [6.45, 7) is 4.36. The van der Waals surface area contributed by atoms with E-state index in [4.69, 9.17) is 16.3 Å². The molecule has 1 atom stereocenters. The summed E-state index contributed by atoms with van der Waals surface area (Å²) >= 11 is 6.10. The third kappa shape index (κ3) is 4.39. The van der Waals surface area contributed by atoms with Gasteiger partial charge in [0, 0.05) is 54.8 Å². The van der Waals surface area contributed by atoms with Gasteiger partial charge in [-0.25, -0.2) is 0 Å². The summed E-state index contributed by atoms with van der Waals surface area (Å²) in [5.74, 6) is 0.376. The summed E-state index contributed by atoms with van der Waals surface area (Å²) < 4.78 is 7.09. The van der Waals surface area contributed by atoms with E-state index in [1.165, 1.54) is 0 Å². The molecule has 0 radical (unpaired) electrons. The number of carbonyl (C=O) groups excluding carboxylic acids is 2. The zero-order valence-corrected chi connectivity index (χ0v) is 19.2. The Morgan fingerprint density at radius 1 is 1.06 bits per heavy atom. The van der Waals surface area contributed by atoms with Gasteiger partial charge >= 0.3 is 0 Å². The molecule has 0 spiro atoms. The van der Waals surface area contributed by atoms with E-state index in [9.17, 15) is 9.59 Å². The second-order valence-corrected chi connectivity index (χ2v) is 8.44. The van der Waals surface area contributed by atoms with Crippen LogP contribution in [0.5, 0.6) is 5.75 Å². The molecule has 2 aromatic carbocycles. The molecule has 2 heterocycles. The predicted octanol–water partition coefficient (Wildman–Crippen LogP) is 3.31. The minimum absolute atomic E-state index is 0.0791. The lowest BCUT2D eigenvalue weighted by atomic mass is 10.2. The lowest BCUT2D eigenvalue weighted by molar-refractivity contribution is -0.133. The molecular formula is C24H27ClN4O3. The van der Waals surface area contributed by atoms with Crippen LogP contribution in [0.4, 0.5) is 5.69 Å². The molecule has 1 N–H and O–H groups in total. The molecule has 1 saturated heterocycles. The first kappa shape index (κ1) is 22.0. The van der Waals surface area contributed by atoms with Crippen molar-refractivity contribution in [3.05, 3.63) is 59.2 Å². The van der Waals surface area contributed by atoms with Crippen LogP contribution in [0, 0.1) is 0 Å². The molecule has 0 aliphatic carbocycles. The number of nitrogens with one attached hydrogen (secondary N) is 1. The van der Waals surface area contributed by atoms with Crippen LogP contribution in [-0.2, 0) is 11.8 Å². The van der Waals surface area contributed by atoms with E-state index < -0.39 is 6.04 Å². The number of fused-ring (bicyclic) bond motifs is 1. The first-order valence-electron chi connectivity index (χ1n) is 10.6. The molecule has 3 aromatic rings. The predicted molar refractivity (Wildman–Crippen MR) is 127 cm³/mol. The van der Waals surface area contributed by atoms with Gasteiger partial charge in [-0.05, 0) is 49.4 Å². The van der Waals surface area contributed by atoms with Crippen LogP contribution in [-0.4, -0.2) is 60.6 Å². The SMILES string of the molecule is COc1ccc2c(c1)cc(C(=O)N[C@H](C)C(=O)N1CCN(c3cccc(Cl)c3)CC1)n2C. The van der Waals surface area contributed by atoms with Crippen LogP contribution >= 0.6 is 11.6 Å². The molecule has 168 valence electrons. The van der Waals surface area contributed by atoms with Gasteiger partial charge in [-0.15, -0.1) is 0 Å². The summed E-state index contributed by atoms with van der Waals surface area (Å²) in [4.78, 5) is 29.9. The number of hydrogen-bond donors (Lipinski definition) is 1. The van der Waals surface area contributed by atoms with Crippen LogP contribution < -0.4 is 15.0 Å². The van der Waals surface area contributed by atoms with Gasteiger partial charge in [0.1, 0.15) is 17.5 Å². The third-order valence-corrected chi connectivity index (χ3v) is 6.20. The van der Waals surface area contributed by atoms with Crippen LogP contribution in [0.3, 0.4) is 0 Å². The fourth-order valence-corrected chi connectivity index (χ4v) is 4.32.